The molecule has 0 aromatic heterocycles. The summed E-state index contributed by atoms with van der Waals surface area (Å²) in [6.07, 6.45) is 5.04. The summed E-state index contributed by atoms with van der Waals surface area (Å²) in [7, 11) is -0.579. The van der Waals surface area contributed by atoms with Crippen LogP contribution in [0.3, 0.4) is 0 Å². The zero-order valence-electron chi connectivity index (χ0n) is 12.1. The van der Waals surface area contributed by atoms with Gasteiger partial charge in [0.2, 0.25) is 0 Å². The summed E-state index contributed by atoms with van der Waals surface area (Å²) in [5.41, 5.74) is -0.440. The van der Waals surface area contributed by atoms with Crippen molar-refractivity contribution in [3.8, 4) is 0 Å². The van der Waals surface area contributed by atoms with Crippen molar-refractivity contribution in [3.05, 3.63) is 0 Å². The van der Waals surface area contributed by atoms with Crippen molar-refractivity contribution in [1.82, 2.24) is 5.32 Å². The van der Waals surface area contributed by atoms with Crippen LogP contribution in [-0.2, 0) is 15.5 Å². The molecule has 2 bridgehead atoms. The molecule has 0 aromatic rings. The minimum Gasteiger partial charge on any atom is -0.444 e. The van der Waals surface area contributed by atoms with Crippen molar-refractivity contribution in [2.75, 3.05) is 6.54 Å². The van der Waals surface area contributed by atoms with E-state index in [2.05, 4.69) is 5.32 Å². The number of amides is 1. The molecule has 0 spiro atoms. The van der Waals surface area contributed by atoms with Crippen LogP contribution in [0.15, 0.2) is 0 Å². The monoisotopic (exact) mass is 287 g/mol. The molecule has 0 radical (unpaired) electrons. The van der Waals surface area contributed by atoms with E-state index in [0.717, 1.165) is 32.1 Å². The fraction of sp³-hybridized carbons (Fsp3) is 0.929. The number of ether oxygens (including phenoxy) is 1. The molecule has 2 aliphatic heterocycles. The van der Waals surface area contributed by atoms with Crippen LogP contribution >= 0.6 is 0 Å². The van der Waals surface area contributed by atoms with Gasteiger partial charge in [-0.15, -0.1) is 0 Å². The van der Waals surface area contributed by atoms with Crippen molar-refractivity contribution >= 4 is 16.9 Å². The fourth-order valence-electron chi connectivity index (χ4n) is 3.07. The quantitative estimate of drug-likeness (QED) is 0.868. The number of fused-ring (bicyclic) bond motifs is 2. The number of hydrogen-bond donors (Lipinski definition) is 1. The van der Waals surface area contributed by atoms with E-state index in [-0.39, 0.29) is 6.09 Å². The highest BCUT2D eigenvalue weighted by Crippen LogP contribution is 2.39. The summed E-state index contributed by atoms with van der Waals surface area (Å²) in [5.74, 6) is 0.616. The van der Waals surface area contributed by atoms with Gasteiger partial charge < -0.3 is 10.1 Å². The average molecular weight is 287 g/mol. The van der Waals surface area contributed by atoms with Crippen LogP contribution in [-0.4, -0.2) is 32.9 Å². The van der Waals surface area contributed by atoms with Crippen molar-refractivity contribution in [3.63, 3.8) is 0 Å². The molecule has 110 valence electrons. The zero-order valence-corrected chi connectivity index (χ0v) is 12.9. The number of rotatable bonds is 3. The topological polar surface area (TPSA) is 55.4 Å². The smallest absolute Gasteiger partial charge is 0.407 e. The van der Waals surface area contributed by atoms with Gasteiger partial charge in [0.25, 0.3) is 0 Å². The molecule has 2 fully saturated rings. The van der Waals surface area contributed by atoms with Crippen LogP contribution in [0.5, 0.6) is 0 Å². The van der Waals surface area contributed by atoms with E-state index < -0.39 is 16.4 Å². The van der Waals surface area contributed by atoms with E-state index >= 15 is 0 Å². The Bertz CT molecular complexity index is 348. The van der Waals surface area contributed by atoms with Crippen molar-refractivity contribution in [2.45, 2.75) is 69.0 Å². The molecule has 2 heterocycles. The number of nitrogens with one attached hydrogen (secondary N) is 1. The van der Waals surface area contributed by atoms with Gasteiger partial charge in [0.1, 0.15) is 5.60 Å². The van der Waals surface area contributed by atoms with Gasteiger partial charge in [-0.05, 0) is 58.8 Å². The molecule has 0 aromatic carbocycles. The van der Waals surface area contributed by atoms with Gasteiger partial charge in [0.05, 0.1) is 0 Å². The van der Waals surface area contributed by atoms with Gasteiger partial charge in [-0.2, -0.15) is 0 Å². The molecular weight excluding hydrogens is 262 g/mol. The lowest BCUT2D eigenvalue weighted by Gasteiger charge is -2.27. The largest absolute Gasteiger partial charge is 0.444 e. The molecule has 1 amide bonds. The Morgan fingerprint density at radius 2 is 1.84 bits per heavy atom. The Hall–Kier alpha value is -0.580. The zero-order chi connectivity index (χ0) is 14.0. The van der Waals surface area contributed by atoms with Gasteiger partial charge in [0.15, 0.2) is 0 Å². The highest BCUT2D eigenvalue weighted by molar-refractivity contribution is 7.86. The van der Waals surface area contributed by atoms with Crippen molar-refractivity contribution in [1.29, 1.82) is 0 Å². The lowest BCUT2D eigenvalue weighted by molar-refractivity contribution is 0.0524. The maximum absolute atomic E-state index is 11.9. The molecule has 5 heteroatoms. The third-order valence-corrected chi connectivity index (χ3v) is 6.05. The van der Waals surface area contributed by atoms with Crippen molar-refractivity contribution in [2.24, 2.45) is 5.92 Å². The highest BCUT2D eigenvalue weighted by atomic mass is 32.2. The molecular formula is C14H25NO3S. The second kappa shape index (κ2) is 5.81. The summed E-state index contributed by atoms with van der Waals surface area (Å²) in [6, 6.07) is 0. The predicted molar refractivity (Wildman–Crippen MR) is 76.5 cm³/mol. The number of hydrogen-bond acceptors (Lipinski definition) is 3. The Balaban J connectivity index is 1.67. The van der Waals surface area contributed by atoms with Crippen LogP contribution < -0.4 is 5.32 Å². The molecule has 19 heavy (non-hydrogen) atoms. The lowest BCUT2D eigenvalue weighted by Crippen LogP contribution is -2.35. The Kier molecular flexibility index (Phi) is 4.54. The maximum Gasteiger partial charge on any atom is 0.407 e. The minimum absolute atomic E-state index is 0.338. The molecule has 0 saturated carbocycles. The first-order valence-electron chi connectivity index (χ1n) is 7.21. The van der Waals surface area contributed by atoms with Gasteiger partial charge in [-0.3, -0.25) is 4.21 Å². The molecule has 2 atom stereocenters. The third kappa shape index (κ3) is 4.20. The van der Waals surface area contributed by atoms with E-state index in [9.17, 15) is 9.00 Å². The number of carbonyl (C=O) groups excluding carboxylic acids is 1. The Labute approximate surface area is 118 Å². The first-order chi connectivity index (χ1) is 8.85. The highest BCUT2D eigenvalue weighted by Gasteiger charge is 2.40. The molecule has 2 rings (SSSR count). The first kappa shape index (κ1) is 14.8. The van der Waals surface area contributed by atoms with Crippen LogP contribution in [0.25, 0.3) is 0 Å². The third-order valence-electron chi connectivity index (χ3n) is 3.88. The number of alkyl carbamates (subject to hydrolysis) is 1. The van der Waals surface area contributed by atoms with Gasteiger partial charge in [-0.25, -0.2) is 4.79 Å². The molecule has 0 aliphatic carbocycles. The summed E-state index contributed by atoms with van der Waals surface area (Å²) >= 11 is 0. The molecule has 4 nitrogen and oxygen atoms in total. The lowest BCUT2D eigenvalue weighted by atomic mass is 9.96. The maximum atomic E-state index is 11.9. The fourth-order valence-corrected chi connectivity index (χ4v) is 5.27. The second-order valence-electron chi connectivity index (χ2n) is 6.70. The van der Waals surface area contributed by atoms with Crippen molar-refractivity contribution < 1.29 is 13.7 Å². The summed E-state index contributed by atoms with van der Waals surface area (Å²) in [6.45, 7) is 6.24. The van der Waals surface area contributed by atoms with E-state index in [1.165, 1.54) is 0 Å². The number of carbonyl (C=O) groups is 1. The van der Waals surface area contributed by atoms with E-state index in [0.29, 0.717) is 23.0 Å². The molecule has 2 aliphatic rings. The van der Waals surface area contributed by atoms with Crippen LogP contribution in [0.1, 0.15) is 52.9 Å². The van der Waals surface area contributed by atoms with E-state index in [1.54, 1.807) is 0 Å². The van der Waals surface area contributed by atoms with Gasteiger partial charge in [-0.1, -0.05) is 0 Å². The van der Waals surface area contributed by atoms with E-state index in [4.69, 9.17) is 4.74 Å². The Morgan fingerprint density at radius 3 is 2.37 bits per heavy atom. The Morgan fingerprint density at radius 1 is 1.26 bits per heavy atom. The molecule has 1 N–H and O–H groups in total. The van der Waals surface area contributed by atoms with Gasteiger partial charge in [0, 0.05) is 27.8 Å². The molecule has 2 saturated heterocycles. The van der Waals surface area contributed by atoms with E-state index in [1.807, 2.05) is 20.8 Å². The standard InChI is InChI=1S/C14H25NO3S/c1-14(2,3)18-13(16)15-7-6-10-8-11-4-5-12(9-10)19(11)17/h10-12H,4-9H2,1-3H3,(H,15,16). The van der Waals surface area contributed by atoms with Gasteiger partial charge >= 0.3 is 6.09 Å². The first-order valence-corrected chi connectivity index (χ1v) is 8.49. The van der Waals surface area contributed by atoms with Crippen LogP contribution in [0.4, 0.5) is 4.79 Å². The second-order valence-corrected chi connectivity index (χ2v) is 8.70. The average Bonchev–Trinajstić information content (AvgIpc) is 2.49. The predicted octanol–water partition coefficient (Wildman–Crippen LogP) is 2.59. The van der Waals surface area contributed by atoms with Crippen LogP contribution in [0, 0.1) is 5.92 Å². The summed E-state index contributed by atoms with van der Waals surface area (Å²) in [5, 5.41) is 3.65. The van der Waals surface area contributed by atoms with Crippen LogP contribution in [0.2, 0.25) is 0 Å². The minimum atomic E-state index is -0.579. The molecule has 2 unspecified atom stereocenters. The summed E-state index contributed by atoms with van der Waals surface area (Å²) in [4.78, 5) is 11.5. The summed E-state index contributed by atoms with van der Waals surface area (Å²) < 4.78 is 17.1. The normalized spacial score (nSPS) is 34.1. The SMILES string of the molecule is CC(C)(C)OC(=O)NCCC1CC2CCC(C1)S2=O.